The van der Waals surface area contributed by atoms with Crippen LogP contribution in [0.1, 0.15) is 5.56 Å². The molecule has 0 aliphatic carbocycles. The van der Waals surface area contributed by atoms with Crippen LogP contribution in [0, 0.1) is 12.7 Å². The number of benzene rings is 1. The Morgan fingerprint density at radius 3 is 2.56 bits per heavy atom. The Balaban J connectivity index is 3.17. The van der Waals surface area contributed by atoms with Gasteiger partial charge in [0.15, 0.2) is 0 Å². The van der Waals surface area contributed by atoms with E-state index in [4.69, 9.17) is 0 Å². The van der Waals surface area contributed by atoms with E-state index in [1.165, 1.54) is 6.07 Å². The lowest BCUT2D eigenvalue weighted by Gasteiger charge is -1.94. The minimum absolute atomic E-state index is 0.137. The Kier molecular flexibility index (Phi) is 1.82. The first-order valence-corrected chi connectivity index (χ1v) is 3.29. The summed E-state index contributed by atoms with van der Waals surface area (Å²) in [6, 6.07) is 5.13. The van der Waals surface area contributed by atoms with E-state index in [0.29, 0.717) is 5.56 Å². The molecule has 1 aromatic carbocycles. The molecule has 0 aliphatic rings. The van der Waals surface area contributed by atoms with E-state index >= 15 is 0 Å². The Bertz CT molecular complexity index is 220. The van der Waals surface area contributed by atoms with Crippen molar-refractivity contribution < 1.29 is 4.39 Å². The third kappa shape index (κ3) is 1.49. The van der Waals surface area contributed by atoms with E-state index in [2.05, 4.69) is 9.24 Å². The first-order valence-electron chi connectivity index (χ1n) is 2.72. The number of aryl methyl sites for hydroxylation is 1. The molecule has 0 nitrogen and oxygen atoms in total. The fraction of sp³-hybridized carbons (Fsp3) is 0.143. The van der Waals surface area contributed by atoms with Crippen molar-refractivity contribution in [2.75, 3.05) is 0 Å². The average molecular weight is 142 g/mol. The quantitative estimate of drug-likeness (QED) is 0.483. The summed E-state index contributed by atoms with van der Waals surface area (Å²) in [4.78, 5) is 0. The van der Waals surface area contributed by atoms with E-state index in [0.717, 1.165) is 5.30 Å². The van der Waals surface area contributed by atoms with Crippen molar-refractivity contribution in [1.82, 2.24) is 0 Å². The molecule has 1 aromatic rings. The standard InChI is InChI=1S/C7H8FP/c1-5-2-3-6(9)4-7(5)8/h2-4H,9H2,1H3. The highest BCUT2D eigenvalue weighted by Crippen LogP contribution is 2.03. The molecule has 0 aromatic heterocycles. The Labute approximate surface area is 56.3 Å². The maximum atomic E-state index is 12.6. The van der Waals surface area contributed by atoms with E-state index < -0.39 is 0 Å². The molecule has 1 unspecified atom stereocenters. The molecule has 0 heterocycles. The van der Waals surface area contributed by atoms with Crippen LogP contribution in [0.5, 0.6) is 0 Å². The third-order valence-corrected chi connectivity index (χ3v) is 1.56. The van der Waals surface area contributed by atoms with Crippen LogP contribution in [0.4, 0.5) is 4.39 Å². The molecule has 0 amide bonds. The molecule has 0 fully saturated rings. The molecule has 0 saturated carbocycles. The summed E-state index contributed by atoms with van der Waals surface area (Å²) in [6.45, 7) is 1.75. The molecule has 0 spiro atoms. The summed E-state index contributed by atoms with van der Waals surface area (Å²) in [5, 5.41) is 0.887. The summed E-state index contributed by atoms with van der Waals surface area (Å²) < 4.78 is 12.6. The molecule has 0 bridgehead atoms. The second kappa shape index (κ2) is 2.45. The van der Waals surface area contributed by atoms with Crippen molar-refractivity contribution in [3.8, 4) is 0 Å². The van der Waals surface area contributed by atoms with Crippen molar-refractivity contribution in [2.45, 2.75) is 6.92 Å². The molecular weight excluding hydrogens is 134 g/mol. The van der Waals surface area contributed by atoms with Crippen molar-refractivity contribution in [3.63, 3.8) is 0 Å². The summed E-state index contributed by atoms with van der Waals surface area (Å²) in [6.07, 6.45) is 0. The topological polar surface area (TPSA) is 0 Å². The summed E-state index contributed by atoms with van der Waals surface area (Å²) >= 11 is 0. The van der Waals surface area contributed by atoms with Gasteiger partial charge in [-0.15, -0.1) is 9.24 Å². The molecule has 1 atom stereocenters. The van der Waals surface area contributed by atoms with Crippen LogP contribution in [-0.4, -0.2) is 0 Å². The van der Waals surface area contributed by atoms with Gasteiger partial charge in [-0.25, -0.2) is 4.39 Å². The van der Waals surface area contributed by atoms with Gasteiger partial charge in [0, 0.05) is 0 Å². The van der Waals surface area contributed by atoms with Gasteiger partial charge in [-0.3, -0.25) is 0 Å². The number of halogens is 1. The monoisotopic (exact) mass is 142 g/mol. The number of rotatable bonds is 0. The van der Waals surface area contributed by atoms with Gasteiger partial charge < -0.3 is 0 Å². The summed E-state index contributed by atoms with van der Waals surface area (Å²) in [7, 11) is 2.45. The van der Waals surface area contributed by atoms with E-state index in [-0.39, 0.29) is 5.82 Å². The summed E-state index contributed by atoms with van der Waals surface area (Å²) in [5.74, 6) is -0.137. The van der Waals surface area contributed by atoms with Crippen LogP contribution in [0.2, 0.25) is 0 Å². The van der Waals surface area contributed by atoms with Crippen LogP contribution in [-0.2, 0) is 0 Å². The lowest BCUT2D eigenvalue weighted by Crippen LogP contribution is -1.92. The van der Waals surface area contributed by atoms with Crippen molar-refractivity contribution >= 4 is 14.5 Å². The minimum Gasteiger partial charge on any atom is -0.207 e. The van der Waals surface area contributed by atoms with Gasteiger partial charge >= 0.3 is 0 Å². The molecule has 0 N–H and O–H groups in total. The van der Waals surface area contributed by atoms with Crippen molar-refractivity contribution in [3.05, 3.63) is 29.6 Å². The molecule has 48 valence electrons. The van der Waals surface area contributed by atoms with Crippen molar-refractivity contribution in [1.29, 1.82) is 0 Å². The highest BCUT2D eigenvalue weighted by atomic mass is 31.0. The predicted octanol–water partition coefficient (Wildman–Crippen LogP) is 1.63. The normalized spacial score (nSPS) is 9.67. The van der Waals surface area contributed by atoms with Crippen LogP contribution < -0.4 is 5.30 Å². The highest BCUT2D eigenvalue weighted by molar-refractivity contribution is 7.27. The average Bonchev–Trinajstić information content (AvgIpc) is 1.80. The van der Waals surface area contributed by atoms with Crippen LogP contribution >= 0.6 is 9.24 Å². The lowest BCUT2D eigenvalue weighted by atomic mass is 10.2. The molecule has 1 rings (SSSR count). The smallest absolute Gasteiger partial charge is 0.126 e. The van der Waals surface area contributed by atoms with Crippen LogP contribution in [0.25, 0.3) is 0 Å². The van der Waals surface area contributed by atoms with Crippen LogP contribution in [0.15, 0.2) is 18.2 Å². The first-order chi connectivity index (χ1) is 4.20. The lowest BCUT2D eigenvalue weighted by molar-refractivity contribution is 0.620. The highest BCUT2D eigenvalue weighted by Gasteiger charge is 1.93. The molecule has 9 heavy (non-hydrogen) atoms. The zero-order chi connectivity index (χ0) is 6.85. The second-order valence-electron chi connectivity index (χ2n) is 2.01. The van der Waals surface area contributed by atoms with E-state index in [9.17, 15) is 4.39 Å². The van der Waals surface area contributed by atoms with Gasteiger partial charge in [0.25, 0.3) is 0 Å². The maximum Gasteiger partial charge on any atom is 0.126 e. The third-order valence-electron chi connectivity index (χ3n) is 1.20. The largest absolute Gasteiger partial charge is 0.207 e. The number of hydrogen-bond acceptors (Lipinski definition) is 0. The van der Waals surface area contributed by atoms with Gasteiger partial charge in [-0.2, -0.15) is 0 Å². The number of hydrogen-bond donors (Lipinski definition) is 0. The van der Waals surface area contributed by atoms with Gasteiger partial charge in [-0.05, 0) is 23.9 Å². The maximum absolute atomic E-state index is 12.6. The Morgan fingerprint density at radius 2 is 2.11 bits per heavy atom. The van der Waals surface area contributed by atoms with Crippen molar-refractivity contribution in [2.24, 2.45) is 0 Å². The van der Waals surface area contributed by atoms with E-state index in [1.807, 2.05) is 6.07 Å². The van der Waals surface area contributed by atoms with Gasteiger partial charge in [-0.1, -0.05) is 12.1 Å². The molecule has 0 radical (unpaired) electrons. The molecule has 0 saturated heterocycles. The minimum atomic E-state index is -0.137. The van der Waals surface area contributed by atoms with E-state index in [1.54, 1.807) is 13.0 Å². The Hall–Kier alpha value is -0.420. The zero-order valence-electron chi connectivity index (χ0n) is 5.19. The molecule has 2 heteroatoms. The first kappa shape index (κ1) is 6.70. The summed E-state index contributed by atoms with van der Waals surface area (Å²) in [5.41, 5.74) is 0.696. The molecular formula is C7H8FP. The fourth-order valence-electron chi connectivity index (χ4n) is 0.609. The SMILES string of the molecule is Cc1ccc(P)cc1F. The van der Waals surface area contributed by atoms with Gasteiger partial charge in [0.05, 0.1) is 0 Å². The second-order valence-corrected chi connectivity index (χ2v) is 2.68. The van der Waals surface area contributed by atoms with Gasteiger partial charge in [0.2, 0.25) is 0 Å². The van der Waals surface area contributed by atoms with Crippen LogP contribution in [0.3, 0.4) is 0 Å². The predicted molar refractivity (Wildman–Crippen MR) is 40.5 cm³/mol. The Morgan fingerprint density at radius 1 is 1.44 bits per heavy atom. The van der Waals surface area contributed by atoms with Gasteiger partial charge in [0.1, 0.15) is 5.82 Å². The molecule has 0 aliphatic heterocycles. The fourth-order valence-corrected chi connectivity index (χ4v) is 0.852. The zero-order valence-corrected chi connectivity index (χ0v) is 6.34.